The fourth-order valence-corrected chi connectivity index (χ4v) is 2.94. The van der Waals surface area contributed by atoms with Crippen LogP contribution >= 0.6 is 0 Å². The van der Waals surface area contributed by atoms with Crippen LogP contribution in [0.5, 0.6) is 0 Å². The molecule has 2 rings (SSSR count). The van der Waals surface area contributed by atoms with Gasteiger partial charge in [-0.05, 0) is 45.5 Å². The van der Waals surface area contributed by atoms with E-state index in [1.165, 1.54) is 12.1 Å². The standard InChI is InChI=1S/C19H29FN4O2/c1-19(2,3)22-18(26)17(25)21-13-16(14-5-7-15(20)8-6-14)24-11-9-23(4)10-12-24/h5-8,16H,9-13H2,1-4H3,(H,21,25)(H,22,26). The van der Waals surface area contributed by atoms with Crippen molar-refractivity contribution in [3.8, 4) is 0 Å². The summed E-state index contributed by atoms with van der Waals surface area (Å²) in [7, 11) is 2.07. The Morgan fingerprint density at radius 3 is 2.19 bits per heavy atom. The maximum Gasteiger partial charge on any atom is 0.309 e. The van der Waals surface area contributed by atoms with Crippen molar-refractivity contribution < 1.29 is 14.0 Å². The molecule has 1 heterocycles. The van der Waals surface area contributed by atoms with Crippen molar-refractivity contribution >= 4 is 11.8 Å². The third-order valence-corrected chi connectivity index (χ3v) is 4.38. The molecule has 2 N–H and O–H groups in total. The summed E-state index contributed by atoms with van der Waals surface area (Å²) in [5.41, 5.74) is 0.454. The van der Waals surface area contributed by atoms with E-state index in [2.05, 4.69) is 27.5 Å². The van der Waals surface area contributed by atoms with E-state index in [0.717, 1.165) is 31.7 Å². The Labute approximate surface area is 154 Å². The molecule has 26 heavy (non-hydrogen) atoms. The Bertz CT molecular complexity index is 619. The minimum absolute atomic E-state index is 0.101. The highest BCUT2D eigenvalue weighted by Gasteiger charge is 2.26. The van der Waals surface area contributed by atoms with Crippen LogP contribution in [0, 0.1) is 5.82 Å². The van der Waals surface area contributed by atoms with Crippen molar-refractivity contribution in [2.75, 3.05) is 39.8 Å². The van der Waals surface area contributed by atoms with Gasteiger partial charge in [-0.3, -0.25) is 14.5 Å². The number of benzene rings is 1. The predicted molar refractivity (Wildman–Crippen MR) is 99.1 cm³/mol. The number of piperazine rings is 1. The normalized spacial score (nSPS) is 17.6. The molecular formula is C19H29FN4O2. The second-order valence-corrected chi connectivity index (χ2v) is 7.82. The molecule has 0 spiro atoms. The molecule has 1 aromatic rings. The average molecular weight is 364 g/mol. The van der Waals surface area contributed by atoms with E-state index in [-0.39, 0.29) is 11.9 Å². The Morgan fingerprint density at radius 2 is 1.65 bits per heavy atom. The van der Waals surface area contributed by atoms with E-state index < -0.39 is 17.4 Å². The van der Waals surface area contributed by atoms with Crippen molar-refractivity contribution in [2.45, 2.75) is 32.4 Å². The molecule has 144 valence electrons. The first-order valence-electron chi connectivity index (χ1n) is 8.94. The van der Waals surface area contributed by atoms with Crippen molar-refractivity contribution in [2.24, 2.45) is 0 Å². The quantitative estimate of drug-likeness (QED) is 0.787. The van der Waals surface area contributed by atoms with Crippen molar-refractivity contribution in [3.63, 3.8) is 0 Å². The van der Waals surface area contributed by atoms with Crippen LogP contribution in [-0.2, 0) is 9.59 Å². The molecule has 1 aromatic carbocycles. The summed E-state index contributed by atoms with van der Waals surface area (Å²) in [6.07, 6.45) is 0. The van der Waals surface area contributed by atoms with Crippen LogP contribution < -0.4 is 10.6 Å². The highest BCUT2D eigenvalue weighted by molar-refractivity contribution is 6.35. The third-order valence-electron chi connectivity index (χ3n) is 4.38. The fourth-order valence-electron chi connectivity index (χ4n) is 2.94. The summed E-state index contributed by atoms with van der Waals surface area (Å²) in [6.45, 7) is 9.32. The zero-order valence-corrected chi connectivity index (χ0v) is 16.0. The average Bonchev–Trinajstić information content (AvgIpc) is 2.56. The molecule has 1 fully saturated rings. The van der Waals surface area contributed by atoms with Crippen LogP contribution in [0.15, 0.2) is 24.3 Å². The van der Waals surface area contributed by atoms with Crippen molar-refractivity contribution in [3.05, 3.63) is 35.6 Å². The Kier molecular flexibility index (Phi) is 6.72. The summed E-state index contributed by atoms with van der Waals surface area (Å²) < 4.78 is 13.3. The topological polar surface area (TPSA) is 64.7 Å². The van der Waals surface area contributed by atoms with Gasteiger partial charge in [0.15, 0.2) is 0 Å². The first-order valence-corrected chi connectivity index (χ1v) is 8.94. The van der Waals surface area contributed by atoms with Gasteiger partial charge in [0.1, 0.15) is 5.82 Å². The van der Waals surface area contributed by atoms with Crippen LogP contribution in [0.1, 0.15) is 32.4 Å². The SMILES string of the molecule is CN1CCN(C(CNC(=O)C(=O)NC(C)(C)C)c2ccc(F)cc2)CC1. The minimum Gasteiger partial charge on any atom is -0.346 e. The first-order chi connectivity index (χ1) is 12.2. The Balaban J connectivity index is 2.05. The summed E-state index contributed by atoms with van der Waals surface area (Å²) in [6, 6.07) is 6.22. The lowest BCUT2D eigenvalue weighted by Gasteiger charge is -2.38. The lowest BCUT2D eigenvalue weighted by molar-refractivity contribution is -0.140. The van der Waals surface area contributed by atoms with Crippen LogP contribution in [0.2, 0.25) is 0 Å². The van der Waals surface area contributed by atoms with Gasteiger partial charge < -0.3 is 15.5 Å². The molecule has 6 nitrogen and oxygen atoms in total. The molecule has 7 heteroatoms. The second-order valence-electron chi connectivity index (χ2n) is 7.82. The Morgan fingerprint density at radius 1 is 1.08 bits per heavy atom. The molecule has 0 aromatic heterocycles. The van der Waals surface area contributed by atoms with Gasteiger partial charge >= 0.3 is 11.8 Å². The largest absolute Gasteiger partial charge is 0.346 e. The molecule has 1 unspecified atom stereocenters. The lowest BCUT2D eigenvalue weighted by atomic mass is 10.0. The Hall–Kier alpha value is -1.99. The molecule has 2 amide bonds. The van der Waals surface area contributed by atoms with Gasteiger partial charge in [-0.1, -0.05) is 12.1 Å². The molecule has 1 aliphatic heterocycles. The molecule has 0 bridgehead atoms. The summed E-state index contributed by atoms with van der Waals surface area (Å²) in [5, 5.41) is 5.38. The summed E-state index contributed by atoms with van der Waals surface area (Å²) in [4.78, 5) is 28.6. The van der Waals surface area contributed by atoms with Crippen molar-refractivity contribution in [1.29, 1.82) is 0 Å². The number of hydrogen-bond donors (Lipinski definition) is 2. The second kappa shape index (κ2) is 8.60. The molecule has 0 saturated carbocycles. The highest BCUT2D eigenvalue weighted by Crippen LogP contribution is 2.22. The van der Waals surface area contributed by atoms with Gasteiger partial charge in [0, 0.05) is 38.3 Å². The molecule has 0 radical (unpaired) electrons. The third kappa shape index (κ3) is 6.07. The number of likely N-dealkylation sites (N-methyl/N-ethyl adjacent to an activating group) is 1. The number of amides is 2. The summed E-state index contributed by atoms with van der Waals surface area (Å²) >= 11 is 0. The van der Waals surface area contributed by atoms with E-state index in [9.17, 15) is 14.0 Å². The van der Waals surface area contributed by atoms with Crippen molar-refractivity contribution in [1.82, 2.24) is 20.4 Å². The fraction of sp³-hybridized carbons (Fsp3) is 0.579. The highest BCUT2D eigenvalue weighted by atomic mass is 19.1. The maximum absolute atomic E-state index is 13.3. The van der Waals surface area contributed by atoms with Crippen LogP contribution in [0.3, 0.4) is 0 Å². The number of halogens is 1. The predicted octanol–water partition coefficient (Wildman–Crippen LogP) is 1.15. The molecule has 1 atom stereocenters. The van der Waals surface area contributed by atoms with Crippen LogP contribution in [-0.4, -0.2) is 66.9 Å². The monoisotopic (exact) mass is 364 g/mol. The summed E-state index contributed by atoms with van der Waals surface area (Å²) in [5.74, 6) is -1.59. The number of carbonyl (C=O) groups excluding carboxylic acids is 2. The van der Waals surface area contributed by atoms with Gasteiger partial charge in [-0.15, -0.1) is 0 Å². The number of carbonyl (C=O) groups is 2. The van der Waals surface area contributed by atoms with E-state index in [1.54, 1.807) is 12.1 Å². The van der Waals surface area contributed by atoms with Gasteiger partial charge in [-0.2, -0.15) is 0 Å². The van der Waals surface area contributed by atoms with Gasteiger partial charge in [0.25, 0.3) is 0 Å². The van der Waals surface area contributed by atoms with Crippen LogP contribution in [0.4, 0.5) is 4.39 Å². The minimum atomic E-state index is -0.652. The molecular weight excluding hydrogens is 335 g/mol. The van der Waals surface area contributed by atoms with E-state index >= 15 is 0 Å². The van der Waals surface area contributed by atoms with Gasteiger partial charge in [-0.25, -0.2) is 4.39 Å². The lowest BCUT2D eigenvalue weighted by Crippen LogP contribution is -2.51. The first kappa shape index (κ1) is 20.3. The number of rotatable bonds is 4. The molecule has 1 aliphatic rings. The van der Waals surface area contributed by atoms with Crippen LogP contribution in [0.25, 0.3) is 0 Å². The molecule has 0 aliphatic carbocycles. The number of hydrogen-bond acceptors (Lipinski definition) is 4. The van der Waals surface area contributed by atoms with E-state index in [0.29, 0.717) is 6.54 Å². The van der Waals surface area contributed by atoms with Gasteiger partial charge in [0.2, 0.25) is 0 Å². The van der Waals surface area contributed by atoms with E-state index in [4.69, 9.17) is 0 Å². The van der Waals surface area contributed by atoms with E-state index in [1.807, 2.05) is 20.8 Å². The van der Waals surface area contributed by atoms with Gasteiger partial charge in [0.05, 0.1) is 6.04 Å². The number of nitrogens with zero attached hydrogens (tertiary/aromatic N) is 2. The zero-order chi connectivity index (χ0) is 19.3. The smallest absolute Gasteiger partial charge is 0.309 e. The zero-order valence-electron chi connectivity index (χ0n) is 16.0. The number of nitrogens with one attached hydrogen (secondary N) is 2. The molecule has 1 saturated heterocycles. The maximum atomic E-state index is 13.3.